The predicted octanol–water partition coefficient (Wildman–Crippen LogP) is 3.78. The van der Waals surface area contributed by atoms with Crippen LogP contribution in [0.5, 0.6) is 23.0 Å². The van der Waals surface area contributed by atoms with Crippen molar-refractivity contribution < 1.29 is 23.7 Å². The van der Waals surface area contributed by atoms with Crippen LogP contribution in [0.15, 0.2) is 36.4 Å². The highest BCUT2D eigenvalue weighted by Crippen LogP contribution is 2.41. The van der Waals surface area contributed by atoms with Crippen LogP contribution in [-0.2, 0) is 11.2 Å². The molecular weight excluding hydrogens is 358 g/mol. The van der Waals surface area contributed by atoms with Crippen molar-refractivity contribution in [2.24, 2.45) is 0 Å². The van der Waals surface area contributed by atoms with Crippen LogP contribution in [0, 0.1) is 0 Å². The molecule has 0 unspecified atom stereocenters. The van der Waals surface area contributed by atoms with Crippen molar-refractivity contribution in [3.63, 3.8) is 0 Å². The summed E-state index contributed by atoms with van der Waals surface area (Å²) in [7, 11) is 1.63. The van der Waals surface area contributed by atoms with Gasteiger partial charge in [-0.2, -0.15) is 0 Å². The van der Waals surface area contributed by atoms with Crippen molar-refractivity contribution in [1.29, 1.82) is 0 Å². The lowest BCUT2D eigenvalue weighted by Gasteiger charge is -2.38. The summed E-state index contributed by atoms with van der Waals surface area (Å²) in [6, 6.07) is 11.4. The summed E-state index contributed by atoms with van der Waals surface area (Å²) in [5, 5.41) is 3.17. The van der Waals surface area contributed by atoms with E-state index in [-0.39, 0.29) is 24.3 Å². The molecule has 0 aromatic heterocycles. The molecule has 6 nitrogen and oxygen atoms in total. The van der Waals surface area contributed by atoms with Gasteiger partial charge in [0.05, 0.1) is 13.2 Å². The summed E-state index contributed by atoms with van der Waals surface area (Å²) in [6.45, 7) is 4.32. The fourth-order valence-electron chi connectivity index (χ4n) is 3.71. The molecule has 2 aromatic carbocycles. The average molecular weight is 383 g/mol. The zero-order valence-electron chi connectivity index (χ0n) is 16.4. The number of nitrogens with one attached hydrogen (secondary N) is 1. The van der Waals surface area contributed by atoms with Crippen molar-refractivity contribution >= 4 is 5.91 Å². The molecule has 0 spiro atoms. The third-order valence-corrected chi connectivity index (χ3v) is 5.09. The Hall–Kier alpha value is -2.89. The monoisotopic (exact) mass is 383 g/mol. The lowest BCUT2D eigenvalue weighted by Crippen LogP contribution is -2.41. The number of carbonyl (C=O) groups excluding carboxylic acids is 1. The quantitative estimate of drug-likeness (QED) is 0.851. The number of hydrogen-bond donors (Lipinski definition) is 1. The van der Waals surface area contributed by atoms with Crippen molar-refractivity contribution in [3.05, 3.63) is 47.5 Å². The van der Waals surface area contributed by atoms with Crippen LogP contribution in [0.4, 0.5) is 0 Å². The summed E-state index contributed by atoms with van der Waals surface area (Å²) >= 11 is 0. The SMILES string of the molecule is COc1ccc2c(c1)[C@H](NC(=O)CCc1ccc3c(c1)OCO3)CC(C)(C)O2. The van der Waals surface area contributed by atoms with Gasteiger partial charge in [0, 0.05) is 18.4 Å². The highest BCUT2D eigenvalue weighted by Gasteiger charge is 2.34. The first-order chi connectivity index (χ1) is 13.4. The third-order valence-electron chi connectivity index (χ3n) is 5.09. The summed E-state index contributed by atoms with van der Waals surface area (Å²) in [4.78, 5) is 12.7. The van der Waals surface area contributed by atoms with Gasteiger partial charge in [0.2, 0.25) is 12.7 Å². The maximum atomic E-state index is 12.7. The number of hydrogen-bond acceptors (Lipinski definition) is 5. The zero-order chi connectivity index (χ0) is 19.7. The molecule has 0 radical (unpaired) electrons. The van der Waals surface area contributed by atoms with Crippen LogP contribution >= 0.6 is 0 Å². The van der Waals surface area contributed by atoms with Gasteiger partial charge in [0.15, 0.2) is 11.5 Å². The minimum Gasteiger partial charge on any atom is -0.497 e. The second-order valence-electron chi connectivity index (χ2n) is 7.78. The smallest absolute Gasteiger partial charge is 0.231 e. The van der Waals surface area contributed by atoms with Gasteiger partial charge in [-0.3, -0.25) is 4.79 Å². The molecule has 2 aliphatic rings. The second kappa shape index (κ2) is 7.26. The first-order valence-corrected chi connectivity index (χ1v) is 9.48. The molecular formula is C22H25NO5. The summed E-state index contributed by atoms with van der Waals surface area (Å²) in [5.74, 6) is 3.04. The van der Waals surface area contributed by atoms with E-state index in [4.69, 9.17) is 18.9 Å². The molecule has 2 heterocycles. The number of aryl methyl sites for hydroxylation is 1. The minimum atomic E-state index is -0.350. The molecule has 2 aromatic rings. The molecule has 148 valence electrons. The van der Waals surface area contributed by atoms with Gasteiger partial charge in [0.1, 0.15) is 17.1 Å². The Morgan fingerprint density at radius 3 is 2.75 bits per heavy atom. The standard InChI is InChI=1S/C22H25NO5/c1-22(2)12-17(16-11-15(25-3)6-8-18(16)28-22)23-21(24)9-5-14-4-7-19-20(10-14)27-13-26-19/h4,6-8,10-11,17H,5,9,12-13H2,1-3H3,(H,23,24)/t17-/m1/s1. The zero-order valence-corrected chi connectivity index (χ0v) is 16.4. The maximum Gasteiger partial charge on any atom is 0.231 e. The highest BCUT2D eigenvalue weighted by molar-refractivity contribution is 5.77. The molecule has 28 heavy (non-hydrogen) atoms. The van der Waals surface area contributed by atoms with E-state index in [0.717, 1.165) is 34.1 Å². The van der Waals surface area contributed by atoms with E-state index in [1.54, 1.807) is 7.11 Å². The van der Waals surface area contributed by atoms with Gasteiger partial charge in [0.25, 0.3) is 0 Å². The van der Waals surface area contributed by atoms with Gasteiger partial charge < -0.3 is 24.3 Å². The first kappa shape index (κ1) is 18.5. The van der Waals surface area contributed by atoms with Gasteiger partial charge in [-0.15, -0.1) is 0 Å². The summed E-state index contributed by atoms with van der Waals surface area (Å²) in [5.41, 5.74) is 1.65. The molecule has 1 amide bonds. The van der Waals surface area contributed by atoms with Crippen LogP contribution in [0.1, 0.15) is 43.9 Å². The van der Waals surface area contributed by atoms with E-state index in [0.29, 0.717) is 19.3 Å². The Labute approximate surface area is 164 Å². The van der Waals surface area contributed by atoms with Crippen molar-refractivity contribution in [3.8, 4) is 23.0 Å². The lowest BCUT2D eigenvalue weighted by atomic mass is 9.89. The van der Waals surface area contributed by atoms with Gasteiger partial charge in [-0.05, 0) is 56.2 Å². The average Bonchev–Trinajstić information content (AvgIpc) is 3.13. The molecule has 0 aliphatic carbocycles. The maximum absolute atomic E-state index is 12.7. The molecule has 2 aliphatic heterocycles. The number of amides is 1. The van der Waals surface area contributed by atoms with E-state index in [2.05, 4.69) is 5.32 Å². The van der Waals surface area contributed by atoms with Crippen molar-refractivity contribution in [2.75, 3.05) is 13.9 Å². The molecule has 0 saturated carbocycles. The lowest BCUT2D eigenvalue weighted by molar-refractivity contribution is -0.122. The number of ether oxygens (including phenoxy) is 4. The van der Waals surface area contributed by atoms with E-state index >= 15 is 0 Å². The van der Waals surface area contributed by atoms with Crippen LogP contribution in [-0.4, -0.2) is 25.4 Å². The minimum absolute atomic E-state index is 0.00846. The van der Waals surface area contributed by atoms with Crippen molar-refractivity contribution in [2.45, 2.75) is 44.8 Å². The van der Waals surface area contributed by atoms with Crippen LogP contribution < -0.4 is 24.3 Å². The summed E-state index contributed by atoms with van der Waals surface area (Å²) < 4.78 is 22.1. The molecule has 0 saturated heterocycles. The normalized spacial score (nSPS) is 18.8. The second-order valence-corrected chi connectivity index (χ2v) is 7.78. The topological polar surface area (TPSA) is 66.0 Å². The number of rotatable bonds is 5. The van der Waals surface area contributed by atoms with E-state index in [9.17, 15) is 4.79 Å². The Kier molecular flexibility index (Phi) is 4.79. The number of methoxy groups -OCH3 is 1. The van der Waals surface area contributed by atoms with Gasteiger partial charge in [-0.25, -0.2) is 0 Å². The molecule has 1 N–H and O–H groups in total. The van der Waals surface area contributed by atoms with Crippen LogP contribution in [0.25, 0.3) is 0 Å². The van der Waals surface area contributed by atoms with E-state index < -0.39 is 0 Å². The molecule has 6 heteroatoms. The predicted molar refractivity (Wildman–Crippen MR) is 104 cm³/mol. The number of carbonyl (C=O) groups is 1. The Balaban J connectivity index is 1.44. The molecule has 0 fully saturated rings. The van der Waals surface area contributed by atoms with Gasteiger partial charge >= 0.3 is 0 Å². The Bertz CT molecular complexity index is 892. The van der Waals surface area contributed by atoms with E-state index in [1.807, 2.05) is 50.2 Å². The number of benzene rings is 2. The van der Waals surface area contributed by atoms with Crippen molar-refractivity contribution in [1.82, 2.24) is 5.32 Å². The summed E-state index contributed by atoms with van der Waals surface area (Å²) in [6.07, 6.45) is 1.74. The fourth-order valence-corrected chi connectivity index (χ4v) is 3.71. The third kappa shape index (κ3) is 3.86. The Morgan fingerprint density at radius 1 is 1.14 bits per heavy atom. The van der Waals surface area contributed by atoms with Crippen LogP contribution in [0.3, 0.4) is 0 Å². The molecule has 0 bridgehead atoms. The molecule has 4 rings (SSSR count). The largest absolute Gasteiger partial charge is 0.497 e. The number of fused-ring (bicyclic) bond motifs is 2. The highest BCUT2D eigenvalue weighted by atomic mass is 16.7. The fraction of sp³-hybridized carbons (Fsp3) is 0.409. The van der Waals surface area contributed by atoms with Crippen LogP contribution in [0.2, 0.25) is 0 Å². The first-order valence-electron chi connectivity index (χ1n) is 9.48. The van der Waals surface area contributed by atoms with E-state index in [1.165, 1.54) is 0 Å². The molecule has 1 atom stereocenters. The Morgan fingerprint density at radius 2 is 1.93 bits per heavy atom. The van der Waals surface area contributed by atoms with Gasteiger partial charge in [-0.1, -0.05) is 6.07 Å².